The van der Waals surface area contributed by atoms with Gasteiger partial charge >= 0.3 is 0 Å². The molecule has 0 saturated heterocycles. The van der Waals surface area contributed by atoms with Gasteiger partial charge in [-0.25, -0.2) is 0 Å². The number of amides is 1. The summed E-state index contributed by atoms with van der Waals surface area (Å²) in [5, 5.41) is 3.01. The number of nitrogens with one attached hydrogen (secondary N) is 1. The van der Waals surface area contributed by atoms with Gasteiger partial charge < -0.3 is 15.8 Å². The predicted molar refractivity (Wildman–Crippen MR) is 59.4 cm³/mol. The van der Waals surface area contributed by atoms with E-state index in [4.69, 9.17) is 10.5 Å². The Hall–Kier alpha value is -0.610. The molecule has 15 heavy (non-hydrogen) atoms. The van der Waals surface area contributed by atoms with Crippen molar-refractivity contribution in [3.05, 3.63) is 0 Å². The quantitative estimate of drug-likeness (QED) is 0.722. The van der Waals surface area contributed by atoms with Gasteiger partial charge in [-0.2, -0.15) is 0 Å². The van der Waals surface area contributed by atoms with E-state index in [1.165, 1.54) is 7.11 Å². The van der Waals surface area contributed by atoms with Gasteiger partial charge in [0.1, 0.15) is 6.61 Å². The van der Waals surface area contributed by atoms with Gasteiger partial charge in [-0.15, -0.1) is 0 Å². The van der Waals surface area contributed by atoms with Crippen LogP contribution in [0.4, 0.5) is 0 Å². The van der Waals surface area contributed by atoms with Gasteiger partial charge in [0.2, 0.25) is 5.91 Å². The standard InChI is InChI=1S/C11H22N2O2/c1-9-3-5-11(8-12,6-4-9)13-10(14)7-15-2/h9H,3-8,12H2,1-2H3,(H,13,14). The van der Waals surface area contributed by atoms with Gasteiger partial charge in [-0.3, -0.25) is 4.79 Å². The summed E-state index contributed by atoms with van der Waals surface area (Å²) in [7, 11) is 1.53. The third kappa shape index (κ3) is 3.47. The maximum absolute atomic E-state index is 11.5. The van der Waals surface area contributed by atoms with Crippen LogP contribution in [0.15, 0.2) is 0 Å². The molecule has 1 fully saturated rings. The molecule has 0 aromatic heterocycles. The Morgan fingerprint density at radius 1 is 1.53 bits per heavy atom. The van der Waals surface area contributed by atoms with Crippen molar-refractivity contribution in [1.82, 2.24) is 5.32 Å². The van der Waals surface area contributed by atoms with Crippen molar-refractivity contribution in [2.24, 2.45) is 11.7 Å². The van der Waals surface area contributed by atoms with E-state index in [0.29, 0.717) is 6.54 Å². The summed E-state index contributed by atoms with van der Waals surface area (Å²) in [6.45, 7) is 2.89. The van der Waals surface area contributed by atoms with Crippen molar-refractivity contribution in [3.8, 4) is 0 Å². The lowest BCUT2D eigenvalue weighted by Gasteiger charge is -2.39. The van der Waals surface area contributed by atoms with Crippen LogP contribution in [-0.4, -0.2) is 31.7 Å². The van der Waals surface area contributed by atoms with Crippen LogP contribution in [0, 0.1) is 5.92 Å². The average Bonchev–Trinajstić information content (AvgIpc) is 2.22. The maximum Gasteiger partial charge on any atom is 0.246 e. The van der Waals surface area contributed by atoms with E-state index in [0.717, 1.165) is 31.6 Å². The fourth-order valence-electron chi connectivity index (χ4n) is 2.16. The molecule has 4 heteroatoms. The molecule has 1 aliphatic rings. The Bertz CT molecular complexity index is 211. The van der Waals surface area contributed by atoms with Gasteiger partial charge in [-0.05, 0) is 31.6 Å². The van der Waals surface area contributed by atoms with Gasteiger partial charge in [0.05, 0.1) is 5.54 Å². The van der Waals surface area contributed by atoms with Gasteiger partial charge in [-0.1, -0.05) is 6.92 Å². The van der Waals surface area contributed by atoms with Gasteiger partial charge in [0.25, 0.3) is 0 Å². The largest absolute Gasteiger partial charge is 0.375 e. The van der Waals surface area contributed by atoms with Crippen molar-refractivity contribution >= 4 is 5.91 Å². The highest BCUT2D eigenvalue weighted by molar-refractivity contribution is 5.78. The second-order valence-corrected chi connectivity index (χ2v) is 4.65. The fourth-order valence-corrected chi connectivity index (χ4v) is 2.16. The van der Waals surface area contributed by atoms with Crippen LogP contribution < -0.4 is 11.1 Å². The lowest BCUT2D eigenvalue weighted by Crippen LogP contribution is -2.56. The Balaban J connectivity index is 2.49. The predicted octanol–water partition coefficient (Wildman–Crippen LogP) is 0.657. The molecule has 0 unspecified atom stereocenters. The average molecular weight is 214 g/mol. The minimum atomic E-state index is -0.178. The molecular formula is C11H22N2O2. The highest BCUT2D eigenvalue weighted by Gasteiger charge is 2.34. The molecular weight excluding hydrogens is 192 g/mol. The normalized spacial score (nSPS) is 31.3. The van der Waals surface area contributed by atoms with E-state index in [-0.39, 0.29) is 18.1 Å². The lowest BCUT2D eigenvalue weighted by molar-refractivity contribution is -0.127. The number of hydrogen-bond donors (Lipinski definition) is 2. The van der Waals surface area contributed by atoms with Crippen molar-refractivity contribution in [2.45, 2.75) is 38.1 Å². The van der Waals surface area contributed by atoms with E-state index < -0.39 is 0 Å². The summed E-state index contributed by atoms with van der Waals surface area (Å²) >= 11 is 0. The van der Waals surface area contributed by atoms with E-state index in [1.54, 1.807) is 0 Å². The molecule has 88 valence electrons. The Kier molecular flexibility index (Phi) is 4.54. The molecule has 0 spiro atoms. The first-order chi connectivity index (χ1) is 7.12. The second-order valence-electron chi connectivity index (χ2n) is 4.65. The number of ether oxygens (including phenoxy) is 1. The van der Waals surface area contributed by atoms with E-state index in [1.807, 2.05) is 0 Å². The summed E-state index contributed by atoms with van der Waals surface area (Å²) in [4.78, 5) is 11.5. The van der Waals surface area contributed by atoms with Crippen LogP contribution in [0.1, 0.15) is 32.6 Å². The summed E-state index contributed by atoms with van der Waals surface area (Å²) in [5.74, 6) is 0.696. The van der Waals surface area contributed by atoms with Crippen molar-refractivity contribution in [1.29, 1.82) is 0 Å². The van der Waals surface area contributed by atoms with E-state index in [2.05, 4.69) is 12.2 Å². The molecule has 3 N–H and O–H groups in total. The summed E-state index contributed by atoms with van der Waals surface area (Å²) in [6.07, 6.45) is 4.26. The Labute approximate surface area is 91.5 Å². The molecule has 1 saturated carbocycles. The molecule has 0 bridgehead atoms. The summed E-state index contributed by atoms with van der Waals surface area (Å²) < 4.78 is 4.80. The van der Waals surface area contributed by atoms with Crippen LogP contribution in [0.3, 0.4) is 0 Å². The zero-order valence-corrected chi connectivity index (χ0v) is 9.71. The van der Waals surface area contributed by atoms with Crippen LogP contribution in [0.25, 0.3) is 0 Å². The van der Waals surface area contributed by atoms with E-state index >= 15 is 0 Å². The number of carbonyl (C=O) groups excluding carboxylic acids is 1. The molecule has 4 nitrogen and oxygen atoms in total. The van der Waals surface area contributed by atoms with Crippen LogP contribution in [0.5, 0.6) is 0 Å². The first-order valence-corrected chi connectivity index (χ1v) is 5.62. The third-order valence-electron chi connectivity index (χ3n) is 3.30. The molecule has 0 aromatic carbocycles. The number of methoxy groups -OCH3 is 1. The van der Waals surface area contributed by atoms with E-state index in [9.17, 15) is 4.79 Å². The Morgan fingerprint density at radius 3 is 2.60 bits per heavy atom. The topological polar surface area (TPSA) is 64.3 Å². The highest BCUT2D eigenvalue weighted by atomic mass is 16.5. The fraction of sp³-hybridized carbons (Fsp3) is 0.909. The molecule has 0 aliphatic heterocycles. The lowest BCUT2D eigenvalue weighted by atomic mass is 9.77. The first kappa shape index (κ1) is 12.5. The third-order valence-corrected chi connectivity index (χ3v) is 3.30. The van der Waals surface area contributed by atoms with Crippen molar-refractivity contribution in [2.75, 3.05) is 20.3 Å². The van der Waals surface area contributed by atoms with Crippen LogP contribution in [0.2, 0.25) is 0 Å². The molecule has 1 amide bonds. The highest BCUT2D eigenvalue weighted by Crippen LogP contribution is 2.31. The smallest absolute Gasteiger partial charge is 0.246 e. The zero-order chi connectivity index (χ0) is 11.3. The van der Waals surface area contributed by atoms with Crippen LogP contribution >= 0.6 is 0 Å². The minimum absolute atomic E-state index is 0.0579. The molecule has 1 aliphatic carbocycles. The summed E-state index contributed by atoms with van der Waals surface area (Å²) in [5.41, 5.74) is 5.59. The Morgan fingerprint density at radius 2 is 2.13 bits per heavy atom. The van der Waals surface area contributed by atoms with Crippen molar-refractivity contribution in [3.63, 3.8) is 0 Å². The molecule has 0 heterocycles. The van der Waals surface area contributed by atoms with Gasteiger partial charge in [0, 0.05) is 13.7 Å². The SMILES string of the molecule is COCC(=O)NC1(CN)CCC(C)CC1. The van der Waals surface area contributed by atoms with Crippen molar-refractivity contribution < 1.29 is 9.53 Å². The molecule has 1 rings (SSSR count). The number of carbonyl (C=O) groups is 1. The molecule has 0 aromatic rings. The summed E-state index contributed by atoms with van der Waals surface area (Å²) in [6, 6.07) is 0. The van der Waals surface area contributed by atoms with Crippen LogP contribution in [-0.2, 0) is 9.53 Å². The number of hydrogen-bond acceptors (Lipinski definition) is 3. The molecule has 0 atom stereocenters. The van der Waals surface area contributed by atoms with Gasteiger partial charge in [0.15, 0.2) is 0 Å². The first-order valence-electron chi connectivity index (χ1n) is 5.62. The minimum Gasteiger partial charge on any atom is -0.375 e. The maximum atomic E-state index is 11.5. The number of rotatable bonds is 4. The monoisotopic (exact) mass is 214 g/mol. The molecule has 0 radical (unpaired) electrons. The zero-order valence-electron chi connectivity index (χ0n) is 9.71. The number of nitrogens with two attached hydrogens (primary N) is 1. The second kappa shape index (κ2) is 5.47.